The van der Waals surface area contributed by atoms with Crippen LogP contribution in [0.3, 0.4) is 0 Å². The van der Waals surface area contributed by atoms with Crippen LogP contribution >= 0.6 is 11.3 Å². The second kappa shape index (κ2) is 5.06. The van der Waals surface area contributed by atoms with Crippen LogP contribution in [0.25, 0.3) is 10.2 Å². The molecule has 2 aliphatic rings. The third kappa shape index (κ3) is 2.04. The van der Waals surface area contributed by atoms with Gasteiger partial charge in [0.05, 0.1) is 10.2 Å². The van der Waals surface area contributed by atoms with Crippen LogP contribution < -0.4 is 4.90 Å². The monoisotopic (exact) mass is 334 g/mol. The minimum Gasteiger partial charge on any atom is -0.317 e. The summed E-state index contributed by atoms with van der Waals surface area (Å²) in [7, 11) is 0. The number of benzene rings is 2. The largest absolute Gasteiger partial charge is 0.317 e. The number of aryl methyl sites for hydroxylation is 1. The first kappa shape index (κ1) is 14.5. The van der Waals surface area contributed by atoms with Crippen LogP contribution in [-0.2, 0) is 6.42 Å². The molecule has 0 atom stereocenters. The molecule has 1 saturated carbocycles. The van der Waals surface area contributed by atoms with E-state index in [9.17, 15) is 0 Å². The van der Waals surface area contributed by atoms with E-state index in [0.717, 1.165) is 17.2 Å². The van der Waals surface area contributed by atoms with Gasteiger partial charge in [0.25, 0.3) is 0 Å². The van der Waals surface area contributed by atoms with Crippen molar-refractivity contribution in [2.75, 3.05) is 11.4 Å². The highest BCUT2D eigenvalue weighted by molar-refractivity contribution is 7.22. The molecule has 24 heavy (non-hydrogen) atoms. The Bertz CT molecular complexity index is 903. The predicted molar refractivity (Wildman–Crippen MR) is 103 cm³/mol. The van der Waals surface area contributed by atoms with Gasteiger partial charge in [0, 0.05) is 12.2 Å². The predicted octanol–water partition coefficient (Wildman–Crippen LogP) is 5.78. The zero-order chi connectivity index (χ0) is 16.3. The Morgan fingerprint density at radius 2 is 1.92 bits per heavy atom. The molecule has 1 spiro atoms. The van der Waals surface area contributed by atoms with E-state index in [-0.39, 0.29) is 0 Å². The van der Waals surface area contributed by atoms with Gasteiger partial charge in [0.2, 0.25) is 0 Å². The quantitative estimate of drug-likeness (QED) is 0.561. The van der Waals surface area contributed by atoms with Gasteiger partial charge in [-0.2, -0.15) is 0 Å². The Morgan fingerprint density at radius 3 is 2.67 bits per heavy atom. The minimum atomic E-state index is 0.479. The molecule has 122 valence electrons. The molecule has 0 bridgehead atoms. The molecule has 1 fully saturated rings. The van der Waals surface area contributed by atoms with Crippen LogP contribution in [0.15, 0.2) is 36.4 Å². The maximum absolute atomic E-state index is 4.97. The summed E-state index contributed by atoms with van der Waals surface area (Å²) < 4.78 is 1.28. The first-order valence-electron chi connectivity index (χ1n) is 8.87. The van der Waals surface area contributed by atoms with E-state index >= 15 is 0 Å². The van der Waals surface area contributed by atoms with Crippen molar-refractivity contribution in [3.63, 3.8) is 0 Å². The molecule has 1 aliphatic carbocycles. The van der Waals surface area contributed by atoms with Gasteiger partial charge >= 0.3 is 0 Å². The molecule has 5 rings (SSSR count). The molecule has 1 aliphatic heterocycles. The first-order valence-corrected chi connectivity index (χ1v) is 9.69. The summed E-state index contributed by atoms with van der Waals surface area (Å²) in [4.78, 5) is 7.51. The standard InChI is InChI=1S/C21H22N2S/c1-14-8-9-16-12-21(10-5-11-21)13-23(19(16)15(14)2)20-22-17-6-3-4-7-18(17)24-20/h3-4,6-9H,5,10-13H2,1-2H3. The molecule has 0 N–H and O–H groups in total. The van der Waals surface area contributed by atoms with E-state index in [1.807, 2.05) is 11.3 Å². The summed E-state index contributed by atoms with van der Waals surface area (Å²) in [6.45, 7) is 5.62. The average Bonchev–Trinajstić information content (AvgIpc) is 3.00. The van der Waals surface area contributed by atoms with Crippen molar-refractivity contribution in [1.29, 1.82) is 0 Å². The Balaban J connectivity index is 1.70. The van der Waals surface area contributed by atoms with E-state index < -0.39 is 0 Å². The van der Waals surface area contributed by atoms with Gasteiger partial charge in [-0.25, -0.2) is 4.98 Å². The van der Waals surface area contributed by atoms with E-state index in [1.54, 1.807) is 0 Å². The normalized spacial score (nSPS) is 18.7. The zero-order valence-electron chi connectivity index (χ0n) is 14.3. The highest BCUT2D eigenvalue weighted by Gasteiger charge is 2.44. The minimum absolute atomic E-state index is 0.479. The van der Waals surface area contributed by atoms with Crippen LogP contribution in [0.4, 0.5) is 10.8 Å². The zero-order valence-corrected chi connectivity index (χ0v) is 15.1. The van der Waals surface area contributed by atoms with Crippen molar-refractivity contribution in [3.05, 3.63) is 53.1 Å². The SMILES string of the molecule is Cc1ccc2c(c1C)N(c1nc3ccccc3s1)CC1(CCC1)C2. The van der Waals surface area contributed by atoms with Gasteiger partial charge in [0.1, 0.15) is 0 Å². The maximum atomic E-state index is 4.97. The molecule has 3 aromatic rings. The van der Waals surface area contributed by atoms with Crippen LogP contribution in [0.1, 0.15) is 36.0 Å². The number of rotatable bonds is 1. The van der Waals surface area contributed by atoms with E-state index in [1.165, 1.54) is 52.8 Å². The van der Waals surface area contributed by atoms with Crippen LogP contribution in [0, 0.1) is 19.3 Å². The van der Waals surface area contributed by atoms with E-state index in [4.69, 9.17) is 4.98 Å². The van der Waals surface area contributed by atoms with Crippen molar-refractivity contribution in [2.45, 2.75) is 39.5 Å². The molecular formula is C21H22N2S. The Morgan fingerprint density at radius 1 is 1.08 bits per heavy atom. The van der Waals surface area contributed by atoms with Crippen LogP contribution in [-0.4, -0.2) is 11.5 Å². The maximum Gasteiger partial charge on any atom is 0.191 e. The van der Waals surface area contributed by atoms with Crippen molar-refractivity contribution in [2.24, 2.45) is 5.41 Å². The Hall–Kier alpha value is -1.87. The molecule has 1 aromatic heterocycles. The Labute approximate surface area is 147 Å². The number of hydrogen-bond donors (Lipinski definition) is 0. The molecular weight excluding hydrogens is 312 g/mol. The smallest absolute Gasteiger partial charge is 0.191 e. The molecule has 0 saturated heterocycles. The van der Waals surface area contributed by atoms with Crippen LogP contribution in [0.5, 0.6) is 0 Å². The van der Waals surface area contributed by atoms with Crippen LogP contribution in [0.2, 0.25) is 0 Å². The summed E-state index contributed by atoms with van der Waals surface area (Å²) in [6.07, 6.45) is 5.35. The third-order valence-corrected chi connectivity index (χ3v) is 7.10. The van der Waals surface area contributed by atoms with Crippen molar-refractivity contribution < 1.29 is 0 Å². The van der Waals surface area contributed by atoms with Crippen molar-refractivity contribution >= 4 is 32.4 Å². The number of hydrogen-bond acceptors (Lipinski definition) is 3. The number of thiazole rings is 1. The fourth-order valence-electron chi connectivity index (χ4n) is 4.40. The van der Waals surface area contributed by atoms with Gasteiger partial charge in [0.15, 0.2) is 5.13 Å². The average molecular weight is 334 g/mol. The highest BCUT2D eigenvalue weighted by Crippen LogP contribution is 2.52. The van der Waals surface area contributed by atoms with Gasteiger partial charge in [-0.15, -0.1) is 0 Å². The summed E-state index contributed by atoms with van der Waals surface area (Å²) >= 11 is 1.83. The molecule has 0 amide bonds. The second-order valence-electron chi connectivity index (χ2n) is 7.60. The van der Waals surface area contributed by atoms with Gasteiger partial charge in [-0.1, -0.05) is 42.0 Å². The lowest BCUT2D eigenvalue weighted by atomic mass is 9.63. The lowest BCUT2D eigenvalue weighted by Gasteiger charge is -2.50. The molecule has 0 unspecified atom stereocenters. The molecule has 0 radical (unpaired) electrons. The Kier molecular flexibility index (Phi) is 3.05. The fourth-order valence-corrected chi connectivity index (χ4v) is 5.37. The van der Waals surface area contributed by atoms with Gasteiger partial charge in [-0.3, -0.25) is 0 Å². The van der Waals surface area contributed by atoms with Gasteiger partial charge in [-0.05, 0) is 67.3 Å². The number of para-hydroxylation sites is 1. The number of fused-ring (bicyclic) bond motifs is 2. The third-order valence-electron chi connectivity index (χ3n) is 6.04. The van der Waals surface area contributed by atoms with E-state index in [2.05, 4.69) is 55.1 Å². The molecule has 3 heteroatoms. The summed E-state index contributed by atoms with van der Waals surface area (Å²) in [5.41, 5.74) is 7.34. The highest BCUT2D eigenvalue weighted by atomic mass is 32.1. The topological polar surface area (TPSA) is 16.1 Å². The summed E-state index contributed by atoms with van der Waals surface area (Å²) in [6, 6.07) is 13.2. The molecule has 2 aromatic carbocycles. The lowest BCUT2D eigenvalue weighted by Crippen LogP contribution is -2.46. The number of nitrogens with zero attached hydrogens (tertiary/aromatic N) is 2. The molecule has 2 heterocycles. The second-order valence-corrected chi connectivity index (χ2v) is 8.60. The number of anilines is 2. The summed E-state index contributed by atoms with van der Waals surface area (Å²) in [5.74, 6) is 0. The van der Waals surface area contributed by atoms with Gasteiger partial charge < -0.3 is 4.90 Å². The number of aromatic nitrogens is 1. The van der Waals surface area contributed by atoms with Crippen molar-refractivity contribution in [1.82, 2.24) is 4.98 Å². The lowest BCUT2D eigenvalue weighted by molar-refractivity contribution is 0.138. The summed E-state index contributed by atoms with van der Waals surface area (Å²) in [5, 5.41) is 1.16. The molecule has 2 nitrogen and oxygen atoms in total. The fraction of sp³-hybridized carbons (Fsp3) is 0.381. The first-order chi connectivity index (χ1) is 11.7. The van der Waals surface area contributed by atoms with Crippen molar-refractivity contribution in [3.8, 4) is 0 Å². The van der Waals surface area contributed by atoms with E-state index in [0.29, 0.717) is 5.41 Å².